The molecule has 0 spiro atoms. The number of aliphatic imine (C=N–C) groups is 1. The lowest BCUT2D eigenvalue weighted by Crippen LogP contribution is -2.22. The van der Waals surface area contributed by atoms with Crippen molar-refractivity contribution in [1.82, 2.24) is 0 Å². The molecular formula is C14H13ClFNO4. The highest BCUT2D eigenvalue weighted by molar-refractivity contribution is 6.31. The van der Waals surface area contributed by atoms with E-state index in [1.165, 1.54) is 13.0 Å². The SMILES string of the molecule is CC(Oc1ccc(OC2=CCC(F)(Cl)C=N2)cc1)C(=O)O. The van der Waals surface area contributed by atoms with E-state index in [4.69, 9.17) is 26.2 Å². The van der Waals surface area contributed by atoms with E-state index in [2.05, 4.69) is 4.99 Å². The summed E-state index contributed by atoms with van der Waals surface area (Å²) in [7, 11) is 0. The van der Waals surface area contributed by atoms with Crippen molar-refractivity contribution in [1.29, 1.82) is 0 Å². The molecule has 1 aliphatic heterocycles. The molecule has 1 N–H and O–H groups in total. The summed E-state index contributed by atoms with van der Waals surface area (Å²) in [4.78, 5) is 14.4. The maximum Gasteiger partial charge on any atom is 0.344 e. The van der Waals surface area contributed by atoms with Gasteiger partial charge in [0.1, 0.15) is 11.5 Å². The van der Waals surface area contributed by atoms with Crippen LogP contribution in [0, 0.1) is 0 Å². The molecule has 0 radical (unpaired) electrons. The number of aliphatic carboxylic acids is 1. The van der Waals surface area contributed by atoms with Crippen molar-refractivity contribution in [2.45, 2.75) is 24.6 Å². The molecule has 2 atom stereocenters. The monoisotopic (exact) mass is 313 g/mol. The lowest BCUT2D eigenvalue weighted by Gasteiger charge is -2.16. The van der Waals surface area contributed by atoms with Crippen molar-refractivity contribution in [3.8, 4) is 11.5 Å². The van der Waals surface area contributed by atoms with Crippen molar-refractivity contribution in [3.63, 3.8) is 0 Å². The fraction of sp³-hybridized carbons (Fsp3) is 0.286. The highest BCUT2D eigenvalue weighted by atomic mass is 35.5. The Kier molecular flexibility index (Phi) is 4.47. The minimum atomic E-state index is -1.96. The minimum absolute atomic E-state index is 0.0231. The quantitative estimate of drug-likeness (QED) is 0.848. The number of carbonyl (C=O) groups is 1. The third-order valence-corrected chi connectivity index (χ3v) is 2.89. The predicted octanol–water partition coefficient (Wildman–Crippen LogP) is 3.14. The number of halogens is 2. The van der Waals surface area contributed by atoms with Crippen LogP contribution in [0.5, 0.6) is 11.5 Å². The van der Waals surface area contributed by atoms with E-state index in [-0.39, 0.29) is 12.3 Å². The standard InChI is InChI=1S/C14H13ClFNO4/c1-9(13(18)19)20-10-2-4-11(5-3-10)21-12-6-7-14(15,16)8-17-12/h2-6,8-9H,7H2,1H3,(H,18,19). The fourth-order valence-electron chi connectivity index (χ4n) is 1.52. The van der Waals surface area contributed by atoms with E-state index in [1.807, 2.05) is 0 Å². The van der Waals surface area contributed by atoms with Gasteiger partial charge in [-0.15, -0.1) is 0 Å². The van der Waals surface area contributed by atoms with Gasteiger partial charge in [0.15, 0.2) is 6.10 Å². The lowest BCUT2D eigenvalue weighted by atomic mass is 10.2. The van der Waals surface area contributed by atoms with Gasteiger partial charge in [-0.25, -0.2) is 14.2 Å². The maximum atomic E-state index is 13.3. The molecule has 0 bridgehead atoms. The smallest absolute Gasteiger partial charge is 0.344 e. The summed E-state index contributed by atoms with van der Waals surface area (Å²) >= 11 is 5.45. The maximum absolute atomic E-state index is 13.3. The van der Waals surface area contributed by atoms with E-state index in [0.717, 1.165) is 6.21 Å². The summed E-state index contributed by atoms with van der Waals surface area (Å²) in [5.74, 6) is 0.0702. The Morgan fingerprint density at radius 1 is 1.43 bits per heavy atom. The number of hydrogen-bond acceptors (Lipinski definition) is 4. The molecule has 1 aliphatic rings. The van der Waals surface area contributed by atoms with Gasteiger partial charge in [0.25, 0.3) is 0 Å². The molecule has 0 aliphatic carbocycles. The Bertz CT molecular complexity index is 583. The summed E-state index contributed by atoms with van der Waals surface area (Å²) in [6.45, 7) is 1.43. The second-order valence-corrected chi connectivity index (χ2v) is 5.07. The number of ether oxygens (including phenoxy) is 2. The van der Waals surface area contributed by atoms with Crippen LogP contribution in [0.1, 0.15) is 13.3 Å². The Morgan fingerprint density at radius 2 is 2.05 bits per heavy atom. The second-order valence-electron chi connectivity index (χ2n) is 4.44. The molecule has 0 saturated heterocycles. The minimum Gasteiger partial charge on any atom is -0.479 e. The van der Waals surface area contributed by atoms with Gasteiger partial charge >= 0.3 is 5.97 Å². The van der Waals surface area contributed by atoms with Gasteiger partial charge in [-0.3, -0.25) is 0 Å². The number of hydrogen-bond donors (Lipinski definition) is 1. The molecule has 112 valence electrons. The summed E-state index contributed by atoms with van der Waals surface area (Å²) in [5.41, 5.74) is 0. The molecule has 2 unspecified atom stereocenters. The van der Waals surface area contributed by atoms with Crippen molar-refractivity contribution >= 4 is 23.8 Å². The van der Waals surface area contributed by atoms with Gasteiger partial charge in [0, 0.05) is 6.42 Å². The zero-order valence-electron chi connectivity index (χ0n) is 11.1. The van der Waals surface area contributed by atoms with Crippen LogP contribution in [0.2, 0.25) is 0 Å². The zero-order chi connectivity index (χ0) is 15.5. The number of nitrogens with zero attached hydrogens (tertiary/aromatic N) is 1. The van der Waals surface area contributed by atoms with Crippen LogP contribution in [-0.4, -0.2) is 28.5 Å². The summed E-state index contributed by atoms with van der Waals surface area (Å²) in [5, 5.41) is 6.78. The predicted molar refractivity (Wildman–Crippen MR) is 75.7 cm³/mol. The Morgan fingerprint density at radius 3 is 2.57 bits per heavy atom. The van der Waals surface area contributed by atoms with Gasteiger partial charge < -0.3 is 14.6 Å². The first-order chi connectivity index (χ1) is 9.85. The van der Waals surface area contributed by atoms with E-state index in [1.54, 1.807) is 24.3 Å². The third-order valence-electron chi connectivity index (χ3n) is 2.64. The molecule has 1 aromatic rings. The molecule has 1 heterocycles. The number of carboxylic acid groups (broad SMARTS) is 1. The van der Waals surface area contributed by atoms with Gasteiger partial charge in [-0.2, -0.15) is 0 Å². The molecule has 5 nitrogen and oxygen atoms in total. The Balaban J connectivity index is 1.96. The van der Waals surface area contributed by atoms with E-state index < -0.39 is 17.2 Å². The zero-order valence-corrected chi connectivity index (χ0v) is 11.9. The summed E-state index contributed by atoms with van der Waals surface area (Å²) in [6.07, 6.45) is 1.47. The van der Waals surface area contributed by atoms with Crippen LogP contribution in [0.3, 0.4) is 0 Å². The molecular weight excluding hydrogens is 301 g/mol. The molecule has 21 heavy (non-hydrogen) atoms. The molecule has 0 fully saturated rings. The van der Waals surface area contributed by atoms with Crippen molar-refractivity contribution < 1.29 is 23.8 Å². The number of benzene rings is 1. The van der Waals surface area contributed by atoms with Crippen LogP contribution in [0.15, 0.2) is 41.2 Å². The number of rotatable bonds is 5. The van der Waals surface area contributed by atoms with Gasteiger partial charge in [-0.05, 0) is 37.3 Å². The number of alkyl halides is 2. The molecule has 7 heteroatoms. The molecule has 0 saturated carbocycles. The third kappa shape index (κ3) is 4.46. The van der Waals surface area contributed by atoms with Crippen LogP contribution in [-0.2, 0) is 4.79 Å². The van der Waals surface area contributed by atoms with E-state index >= 15 is 0 Å². The van der Waals surface area contributed by atoms with Gasteiger partial charge in [0.2, 0.25) is 11.0 Å². The number of carboxylic acids is 1. The van der Waals surface area contributed by atoms with E-state index in [0.29, 0.717) is 11.5 Å². The van der Waals surface area contributed by atoms with Gasteiger partial charge in [-0.1, -0.05) is 11.6 Å². The largest absolute Gasteiger partial charge is 0.479 e. The Hall–Kier alpha value is -2.08. The summed E-state index contributed by atoms with van der Waals surface area (Å²) < 4.78 is 23.9. The first-order valence-electron chi connectivity index (χ1n) is 6.16. The average molecular weight is 314 g/mol. The number of allylic oxidation sites excluding steroid dienone is 1. The molecule has 0 amide bonds. The normalized spacial score (nSPS) is 22.3. The first kappa shape index (κ1) is 15.3. The van der Waals surface area contributed by atoms with Crippen LogP contribution in [0.4, 0.5) is 4.39 Å². The topological polar surface area (TPSA) is 68.1 Å². The first-order valence-corrected chi connectivity index (χ1v) is 6.54. The van der Waals surface area contributed by atoms with Crippen LogP contribution >= 0.6 is 11.6 Å². The Labute approximate surface area is 125 Å². The molecule has 2 rings (SSSR count). The highest BCUT2D eigenvalue weighted by Gasteiger charge is 2.26. The van der Waals surface area contributed by atoms with Crippen molar-refractivity contribution in [3.05, 3.63) is 36.2 Å². The van der Waals surface area contributed by atoms with Crippen LogP contribution < -0.4 is 9.47 Å². The second kappa shape index (κ2) is 6.13. The lowest BCUT2D eigenvalue weighted by molar-refractivity contribution is -0.144. The average Bonchev–Trinajstić information content (AvgIpc) is 2.43. The summed E-state index contributed by atoms with van der Waals surface area (Å²) in [6, 6.07) is 6.34. The van der Waals surface area contributed by atoms with Crippen molar-refractivity contribution in [2.24, 2.45) is 4.99 Å². The highest BCUT2D eigenvalue weighted by Crippen LogP contribution is 2.27. The molecule has 0 aromatic heterocycles. The fourth-order valence-corrected chi connectivity index (χ4v) is 1.64. The van der Waals surface area contributed by atoms with Crippen LogP contribution in [0.25, 0.3) is 0 Å². The van der Waals surface area contributed by atoms with Crippen molar-refractivity contribution in [2.75, 3.05) is 0 Å². The molecule has 1 aromatic carbocycles. The van der Waals surface area contributed by atoms with E-state index in [9.17, 15) is 9.18 Å². The van der Waals surface area contributed by atoms with Gasteiger partial charge in [0.05, 0.1) is 6.21 Å².